The standard InChI is InChI=1S/C17H15FN4O3/c1-10-3-2-4-13-15(10)16(23)22(12-7-11(18)8-19-9-12)14(21-13)5-6-20-17(24)25/h2-4,7-9,20H,5-6H2,1H3,(H,24,25). The van der Waals surface area contributed by atoms with Gasteiger partial charge in [0.15, 0.2) is 0 Å². The van der Waals surface area contributed by atoms with Crippen molar-refractivity contribution in [1.82, 2.24) is 19.9 Å². The van der Waals surface area contributed by atoms with Crippen LogP contribution in [0.4, 0.5) is 9.18 Å². The lowest BCUT2D eigenvalue weighted by Gasteiger charge is -2.14. The molecule has 0 radical (unpaired) electrons. The summed E-state index contributed by atoms with van der Waals surface area (Å²) in [6.07, 6.45) is 1.41. The van der Waals surface area contributed by atoms with Crippen molar-refractivity contribution in [3.63, 3.8) is 0 Å². The first-order valence-corrected chi connectivity index (χ1v) is 7.56. The molecule has 7 nitrogen and oxygen atoms in total. The zero-order valence-corrected chi connectivity index (χ0v) is 13.4. The molecular formula is C17H15FN4O3. The first-order valence-electron chi connectivity index (χ1n) is 7.56. The van der Waals surface area contributed by atoms with Gasteiger partial charge in [-0.15, -0.1) is 0 Å². The SMILES string of the molecule is Cc1cccc2nc(CCNC(=O)O)n(-c3cncc(F)c3)c(=O)c12. The topological polar surface area (TPSA) is 97.1 Å². The molecule has 8 heteroatoms. The van der Waals surface area contributed by atoms with Crippen molar-refractivity contribution in [1.29, 1.82) is 0 Å². The summed E-state index contributed by atoms with van der Waals surface area (Å²) in [5, 5.41) is 11.4. The van der Waals surface area contributed by atoms with Crippen LogP contribution in [0, 0.1) is 12.7 Å². The Morgan fingerprint density at radius 1 is 1.36 bits per heavy atom. The van der Waals surface area contributed by atoms with Crippen LogP contribution in [0.1, 0.15) is 11.4 Å². The van der Waals surface area contributed by atoms with Crippen LogP contribution in [-0.2, 0) is 6.42 Å². The van der Waals surface area contributed by atoms with E-state index < -0.39 is 11.9 Å². The van der Waals surface area contributed by atoms with E-state index in [2.05, 4.69) is 15.3 Å². The summed E-state index contributed by atoms with van der Waals surface area (Å²) in [5.74, 6) is -0.256. The zero-order valence-electron chi connectivity index (χ0n) is 13.4. The Morgan fingerprint density at radius 2 is 2.16 bits per heavy atom. The fourth-order valence-corrected chi connectivity index (χ4v) is 2.68. The van der Waals surface area contributed by atoms with Crippen LogP contribution in [0.25, 0.3) is 16.6 Å². The summed E-state index contributed by atoms with van der Waals surface area (Å²) < 4.78 is 14.9. The highest BCUT2D eigenvalue weighted by Gasteiger charge is 2.15. The number of benzene rings is 1. The van der Waals surface area contributed by atoms with Gasteiger partial charge >= 0.3 is 6.09 Å². The normalized spacial score (nSPS) is 10.8. The summed E-state index contributed by atoms with van der Waals surface area (Å²) >= 11 is 0. The first-order chi connectivity index (χ1) is 12.0. The molecule has 128 valence electrons. The van der Waals surface area contributed by atoms with Gasteiger partial charge in [0.05, 0.1) is 29.0 Å². The number of nitrogens with zero attached hydrogens (tertiary/aromatic N) is 3. The number of fused-ring (bicyclic) bond motifs is 1. The fourth-order valence-electron chi connectivity index (χ4n) is 2.68. The van der Waals surface area contributed by atoms with E-state index in [-0.39, 0.29) is 24.2 Å². The molecule has 2 N–H and O–H groups in total. The number of rotatable bonds is 4. The van der Waals surface area contributed by atoms with Gasteiger partial charge in [-0.2, -0.15) is 0 Å². The molecule has 0 bridgehead atoms. The monoisotopic (exact) mass is 342 g/mol. The second-order valence-electron chi connectivity index (χ2n) is 5.48. The molecule has 0 spiro atoms. The predicted molar refractivity (Wildman–Crippen MR) is 89.6 cm³/mol. The molecule has 3 rings (SSSR count). The third kappa shape index (κ3) is 3.32. The number of aryl methyl sites for hydroxylation is 1. The van der Waals surface area contributed by atoms with Gasteiger partial charge < -0.3 is 10.4 Å². The van der Waals surface area contributed by atoms with E-state index in [1.165, 1.54) is 16.8 Å². The maximum absolute atomic E-state index is 13.6. The van der Waals surface area contributed by atoms with E-state index in [0.717, 1.165) is 11.8 Å². The van der Waals surface area contributed by atoms with Gasteiger partial charge in [-0.1, -0.05) is 12.1 Å². The Morgan fingerprint density at radius 3 is 2.88 bits per heavy atom. The smallest absolute Gasteiger partial charge is 0.404 e. The minimum Gasteiger partial charge on any atom is -0.465 e. The van der Waals surface area contributed by atoms with Crippen molar-refractivity contribution in [3.8, 4) is 5.69 Å². The Bertz CT molecular complexity index is 1020. The molecule has 0 aliphatic carbocycles. The molecule has 0 aliphatic heterocycles. The highest BCUT2D eigenvalue weighted by Crippen LogP contribution is 2.16. The van der Waals surface area contributed by atoms with Crippen molar-refractivity contribution < 1.29 is 14.3 Å². The second-order valence-corrected chi connectivity index (χ2v) is 5.48. The first kappa shape index (κ1) is 16.6. The molecule has 0 fully saturated rings. The lowest BCUT2D eigenvalue weighted by molar-refractivity contribution is 0.194. The molecule has 0 saturated heterocycles. The van der Waals surface area contributed by atoms with Crippen LogP contribution in [0.5, 0.6) is 0 Å². The summed E-state index contributed by atoms with van der Waals surface area (Å²) in [7, 11) is 0. The van der Waals surface area contributed by atoms with Crippen LogP contribution in [0.2, 0.25) is 0 Å². The average Bonchev–Trinajstić information content (AvgIpc) is 2.54. The van der Waals surface area contributed by atoms with Gasteiger partial charge in [0.2, 0.25) is 0 Å². The van der Waals surface area contributed by atoms with Gasteiger partial charge in [-0.05, 0) is 18.6 Å². The van der Waals surface area contributed by atoms with Crippen molar-refractivity contribution in [3.05, 3.63) is 64.2 Å². The Labute approximate surface area is 141 Å². The molecule has 0 atom stereocenters. The molecule has 3 aromatic rings. The van der Waals surface area contributed by atoms with E-state index in [9.17, 15) is 14.0 Å². The van der Waals surface area contributed by atoms with Gasteiger partial charge in [0.1, 0.15) is 11.6 Å². The van der Waals surface area contributed by atoms with E-state index in [4.69, 9.17) is 5.11 Å². The minimum absolute atomic E-state index is 0.0713. The van der Waals surface area contributed by atoms with Gasteiger partial charge in [-0.3, -0.25) is 14.3 Å². The predicted octanol–water partition coefficient (Wildman–Crippen LogP) is 2.04. The molecular weight excluding hydrogens is 327 g/mol. The average molecular weight is 342 g/mol. The second kappa shape index (κ2) is 6.68. The van der Waals surface area contributed by atoms with E-state index in [1.54, 1.807) is 25.1 Å². The van der Waals surface area contributed by atoms with Crippen LogP contribution in [0.15, 0.2) is 41.5 Å². The summed E-state index contributed by atoms with van der Waals surface area (Å²) in [6.45, 7) is 1.87. The quantitative estimate of drug-likeness (QED) is 0.756. The number of carboxylic acid groups (broad SMARTS) is 1. The molecule has 0 saturated carbocycles. The van der Waals surface area contributed by atoms with Crippen molar-refractivity contribution in [2.75, 3.05) is 6.54 Å². The van der Waals surface area contributed by atoms with E-state index >= 15 is 0 Å². The molecule has 25 heavy (non-hydrogen) atoms. The molecule has 0 aliphatic rings. The van der Waals surface area contributed by atoms with Crippen molar-refractivity contribution in [2.24, 2.45) is 0 Å². The maximum atomic E-state index is 13.6. The number of nitrogens with one attached hydrogen (secondary N) is 1. The number of halogens is 1. The number of hydrogen-bond acceptors (Lipinski definition) is 4. The number of hydrogen-bond donors (Lipinski definition) is 2. The summed E-state index contributed by atoms with van der Waals surface area (Å²) in [6, 6.07) is 6.49. The van der Waals surface area contributed by atoms with Crippen LogP contribution < -0.4 is 10.9 Å². The molecule has 2 aromatic heterocycles. The number of aromatic nitrogens is 3. The van der Waals surface area contributed by atoms with E-state index in [1.807, 2.05) is 0 Å². The highest BCUT2D eigenvalue weighted by molar-refractivity contribution is 5.81. The molecule has 0 unspecified atom stereocenters. The third-order valence-electron chi connectivity index (χ3n) is 3.75. The lowest BCUT2D eigenvalue weighted by atomic mass is 10.1. The fraction of sp³-hybridized carbons (Fsp3) is 0.176. The third-order valence-corrected chi connectivity index (χ3v) is 3.75. The Balaban J connectivity index is 2.23. The summed E-state index contributed by atoms with van der Waals surface area (Å²) in [5.41, 5.74) is 1.16. The molecule has 2 heterocycles. The largest absolute Gasteiger partial charge is 0.465 e. The highest BCUT2D eigenvalue weighted by atomic mass is 19.1. The number of amides is 1. The lowest BCUT2D eigenvalue weighted by Crippen LogP contribution is -2.29. The van der Waals surface area contributed by atoms with Crippen molar-refractivity contribution >= 4 is 17.0 Å². The van der Waals surface area contributed by atoms with Crippen LogP contribution in [-0.4, -0.2) is 32.3 Å². The molecule has 1 aromatic carbocycles. The Hall–Kier alpha value is -3.29. The Kier molecular flexibility index (Phi) is 4.42. The minimum atomic E-state index is -1.17. The summed E-state index contributed by atoms with van der Waals surface area (Å²) in [4.78, 5) is 31.9. The molecule has 1 amide bonds. The van der Waals surface area contributed by atoms with Gasteiger partial charge in [-0.25, -0.2) is 14.2 Å². The van der Waals surface area contributed by atoms with Crippen molar-refractivity contribution in [2.45, 2.75) is 13.3 Å². The maximum Gasteiger partial charge on any atom is 0.404 e. The van der Waals surface area contributed by atoms with Crippen LogP contribution in [0.3, 0.4) is 0 Å². The number of carbonyl (C=O) groups is 1. The van der Waals surface area contributed by atoms with E-state index in [0.29, 0.717) is 16.7 Å². The van der Waals surface area contributed by atoms with Gasteiger partial charge in [0.25, 0.3) is 5.56 Å². The van der Waals surface area contributed by atoms with Crippen LogP contribution >= 0.6 is 0 Å². The zero-order chi connectivity index (χ0) is 18.0. The number of pyridine rings is 1. The van der Waals surface area contributed by atoms with Gasteiger partial charge in [0, 0.05) is 19.0 Å².